The number of ketones is 1. The van der Waals surface area contributed by atoms with Gasteiger partial charge in [-0.3, -0.25) is 19.1 Å². The van der Waals surface area contributed by atoms with E-state index in [9.17, 15) is 14.0 Å². The molecule has 0 aliphatic heterocycles. The molecule has 8 nitrogen and oxygen atoms in total. The number of halogens is 1. The van der Waals surface area contributed by atoms with Gasteiger partial charge in [0.15, 0.2) is 5.78 Å². The fourth-order valence-electron chi connectivity index (χ4n) is 3.92. The zero-order chi connectivity index (χ0) is 22.9. The summed E-state index contributed by atoms with van der Waals surface area (Å²) in [6.07, 6.45) is 6.84. The summed E-state index contributed by atoms with van der Waals surface area (Å²) in [7, 11) is 0. The molecular weight excluding hydrogens is 423 g/mol. The van der Waals surface area contributed by atoms with Crippen LogP contribution in [0.2, 0.25) is 0 Å². The van der Waals surface area contributed by atoms with Crippen LogP contribution in [0, 0.1) is 5.82 Å². The van der Waals surface area contributed by atoms with E-state index in [0.717, 1.165) is 0 Å². The smallest absolute Gasteiger partial charge is 0.261 e. The highest BCUT2D eigenvalue weighted by Crippen LogP contribution is 2.25. The minimum absolute atomic E-state index is 0.157. The normalized spacial score (nSPS) is 13.7. The van der Waals surface area contributed by atoms with Crippen molar-refractivity contribution in [1.82, 2.24) is 24.5 Å². The number of anilines is 1. The highest BCUT2D eigenvalue weighted by atomic mass is 19.1. The molecule has 0 fully saturated rings. The van der Waals surface area contributed by atoms with Gasteiger partial charge in [0, 0.05) is 12.6 Å². The second kappa shape index (κ2) is 8.34. The number of hydrogen-bond acceptors (Lipinski definition) is 7. The van der Waals surface area contributed by atoms with Gasteiger partial charge in [-0.2, -0.15) is 0 Å². The third kappa shape index (κ3) is 3.89. The maximum absolute atomic E-state index is 13.9. The zero-order valence-electron chi connectivity index (χ0n) is 17.7. The maximum Gasteiger partial charge on any atom is 0.261 e. The van der Waals surface area contributed by atoms with Crippen LogP contribution >= 0.6 is 0 Å². The molecule has 1 aliphatic carbocycles. The standard InChI is InChI=1S/C24H19FN6O2/c1-14(29-22-21-19(27-13-28-22)6-4-7-20(21)32)23-30-18-9-8-15(25)11-17(18)24(33)31(23)12-16-5-2-3-10-26-16/h2-5,7-11,13-14H,6,12H2,1H3,(H,27,28,29)/t14-/m0/s1. The van der Waals surface area contributed by atoms with Crippen LogP contribution in [-0.4, -0.2) is 30.3 Å². The largest absolute Gasteiger partial charge is 0.360 e. The molecule has 0 unspecified atom stereocenters. The van der Waals surface area contributed by atoms with Gasteiger partial charge in [0.1, 0.15) is 23.8 Å². The lowest BCUT2D eigenvalue weighted by Gasteiger charge is -2.21. The Kier molecular flexibility index (Phi) is 5.21. The monoisotopic (exact) mass is 442 g/mol. The first-order valence-electron chi connectivity index (χ1n) is 10.4. The SMILES string of the molecule is C[C@H](Nc1ncnc2c1C(=O)C=CC2)c1nc2ccc(F)cc2c(=O)n1Cc1ccccn1. The number of carbonyl (C=O) groups excluding carboxylic acids is 1. The van der Waals surface area contributed by atoms with Crippen molar-refractivity contribution in [3.63, 3.8) is 0 Å². The van der Waals surface area contributed by atoms with E-state index in [-0.39, 0.29) is 23.3 Å². The number of aromatic nitrogens is 5. The second-order valence-corrected chi connectivity index (χ2v) is 7.72. The van der Waals surface area contributed by atoms with Gasteiger partial charge in [-0.25, -0.2) is 19.3 Å². The van der Waals surface area contributed by atoms with E-state index in [2.05, 4.69) is 25.3 Å². The number of allylic oxidation sites excluding steroid dienone is 2. The van der Waals surface area contributed by atoms with E-state index in [0.29, 0.717) is 40.5 Å². The number of nitrogens with zero attached hydrogens (tertiary/aromatic N) is 5. The summed E-state index contributed by atoms with van der Waals surface area (Å²) in [5.41, 5.74) is 1.71. The zero-order valence-corrected chi connectivity index (χ0v) is 17.7. The highest BCUT2D eigenvalue weighted by Gasteiger charge is 2.23. The van der Waals surface area contributed by atoms with Gasteiger partial charge in [-0.15, -0.1) is 0 Å². The van der Waals surface area contributed by atoms with E-state index in [1.165, 1.54) is 35.2 Å². The number of carbonyl (C=O) groups is 1. The Bertz CT molecular complexity index is 1470. The first kappa shape index (κ1) is 20.6. The summed E-state index contributed by atoms with van der Waals surface area (Å²) < 4.78 is 15.3. The Morgan fingerprint density at radius 1 is 1.15 bits per heavy atom. The van der Waals surface area contributed by atoms with Crippen molar-refractivity contribution in [3.05, 3.63) is 100 Å². The predicted octanol–water partition coefficient (Wildman–Crippen LogP) is 3.24. The molecule has 1 N–H and O–H groups in total. The fourth-order valence-corrected chi connectivity index (χ4v) is 3.92. The number of benzene rings is 1. The van der Waals surface area contributed by atoms with E-state index < -0.39 is 11.9 Å². The van der Waals surface area contributed by atoms with Crippen LogP contribution in [0.25, 0.3) is 10.9 Å². The fraction of sp³-hybridized carbons (Fsp3) is 0.167. The molecule has 3 aromatic heterocycles. The lowest BCUT2D eigenvalue weighted by atomic mass is 10.0. The molecule has 9 heteroatoms. The van der Waals surface area contributed by atoms with E-state index in [4.69, 9.17) is 0 Å². The van der Waals surface area contributed by atoms with Crippen molar-refractivity contribution >= 4 is 22.5 Å². The molecule has 3 heterocycles. The van der Waals surface area contributed by atoms with Gasteiger partial charge in [-0.05, 0) is 43.3 Å². The minimum Gasteiger partial charge on any atom is -0.360 e. The first-order chi connectivity index (χ1) is 16.0. The Morgan fingerprint density at radius 3 is 2.85 bits per heavy atom. The number of nitrogens with one attached hydrogen (secondary N) is 1. The van der Waals surface area contributed by atoms with Crippen molar-refractivity contribution < 1.29 is 9.18 Å². The molecule has 0 radical (unpaired) electrons. The Balaban J connectivity index is 1.61. The topological polar surface area (TPSA) is 103 Å². The van der Waals surface area contributed by atoms with Gasteiger partial charge in [0.2, 0.25) is 0 Å². The molecule has 1 atom stereocenters. The Hall–Kier alpha value is -4.27. The molecule has 4 aromatic rings. The number of hydrogen-bond donors (Lipinski definition) is 1. The molecule has 33 heavy (non-hydrogen) atoms. The van der Waals surface area contributed by atoms with Crippen LogP contribution in [0.3, 0.4) is 0 Å². The van der Waals surface area contributed by atoms with Gasteiger partial charge in [0.25, 0.3) is 5.56 Å². The molecule has 1 aliphatic rings. The lowest BCUT2D eigenvalue weighted by molar-refractivity contribution is 0.104. The van der Waals surface area contributed by atoms with Crippen molar-refractivity contribution in [3.8, 4) is 0 Å². The Labute approximate surface area is 187 Å². The molecule has 5 rings (SSSR count). The molecule has 1 aromatic carbocycles. The molecule has 0 saturated heterocycles. The summed E-state index contributed by atoms with van der Waals surface area (Å²) in [5, 5.41) is 3.41. The molecule has 0 saturated carbocycles. The van der Waals surface area contributed by atoms with Gasteiger partial charge in [0.05, 0.1) is 40.4 Å². The van der Waals surface area contributed by atoms with E-state index in [1.54, 1.807) is 24.4 Å². The molecule has 0 amide bonds. The average Bonchev–Trinajstić information content (AvgIpc) is 2.82. The number of fused-ring (bicyclic) bond motifs is 2. The second-order valence-electron chi connectivity index (χ2n) is 7.72. The van der Waals surface area contributed by atoms with Crippen LogP contribution in [0.1, 0.15) is 40.5 Å². The summed E-state index contributed by atoms with van der Waals surface area (Å²) in [4.78, 5) is 43.3. The quantitative estimate of drug-likeness (QED) is 0.506. The van der Waals surface area contributed by atoms with Crippen LogP contribution in [0.15, 0.2) is 65.9 Å². The molecule has 0 spiro atoms. The highest BCUT2D eigenvalue weighted by molar-refractivity contribution is 6.09. The summed E-state index contributed by atoms with van der Waals surface area (Å²) in [6.45, 7) is 1.98. The predicted molar refractivity (Wildman–Crippen MR) is 121 cm³/mol. The Morgan fingerprint density at radius 2 is 2.03 bits per heavy atom. The van der Waals surface area contributed by atoms with Crippen LogP contribution in [0.5, 0.6) is 0 Å². The van der Waals surface area contributed by atoms with Crippen LogP contribution in [0.4, 0.5) is 10.2 Å². The first-order valence-corrected chi connectivity index (χ1v) is 10.4. The maximum atomic E-state index is 13.9. The van der Waals surface area contributed by atoms with Crippen molar-refractivity contribution in [2.75, 3.05) is 5.32 Å². The van der Waals surface area contributed by atoms with Crippen molar-refractivity contribution in [1.29, 1.82) is 0 Å². The molecule has 164 valence electrons. The number of pyridine rings is 1. The minimum atomic E-state index is -0.510. The van der Waals surface area contributed by atoms with E-state index in [1.807, 2.05) is 13.0 Å². The summed E-state index contributed by atoms with van der Waals surface area (Å²) >= 11 is 0. The van der Waals surface area contributed by atoms with Crippen molar-refractivity contribution in [2.24, 2.45) is 0 Å². The summed E-state index contributed by atoms with van der Waals surface area (Å²) in [6, 6.07) is 8.85. The van der Waals surface area contributed by atoms with Gasteiger partial charge >= 0.3 is 0 Å². The van der Waals surface area contributed by atoms with Crippen molar-refractivity contribution in [2.45, 2.75) is 25.9 Å². The number of rotatable bonds is 5. The summed E-state index contributed by atoms with van der Waals surface area (Å²) in [5.74, 6) is 0.0962. The average molecular weight is 442 g/mol. The third-order valence-electron chi connectivity index (χ3n) is 5.49. The van der Waals surface area contributed by atoms with Crippen LogP contribution in [-0.2, 0) is 13.0 Å². The molecular formula is C24H19FN6O2. The van der Waals surface area contributed by atoms with Gasteiger partial charge in [-0.1, -0.05) is 12.1 Å². The molecule has 0 bridgehead atoms. The van der Waals surface area contributed by atoms with E-state index >= 15 is 0 Å². The third-order valence-corrected chi connectivity index (χ3v) is 5.49. The lowest BCUT2D eigenvalue weighted by Crippen LogP contribution is -2.30. The van der Waals surface area contributed by atoms with Gasteiger partial charge < -0.3 is 5.32 Å². The van der Waals surface area contributed by atoms with Crippen LogP contribution < -0.4 is 10.9 Å².